The fraction of sp³-hybridized carbons (Fsp3) is 0.690. The molecule has 35 heavy (non-hydrogen) atoms. The monoisotopic (exact) mass is 495 g/mol. The minimum Gasteiger partial charge on any atom is -0.479 e. The van der Waals surface area contributed by atoms with Crippen molar-refractivity contribution < 1.29 is 14.3 Å². The first-order chi connectivity index (χ1) is 17.2. The molecule has 1 fully saturated rings. The topological polar surface area (TPSA) is 55.7 Å². The largest absolute Gasteiger partial charge is 0.479 e. The number of hydrogen-bond acceptors (Lipinski definition) is 5. The number of ether oxygens (including phenoxy) is 2. The van der Waals surface area contributed by atoms with Gasteiger partial charge in [0.05, 0.1) is 13.2 Å². The van der Waals surface area contributed by atoms with Gasteiger partial charge in [0.25, 0.3) is 0 Å². The number of carbonyl (C=O) groups excluding carboxylic acids is 1. The summed E-state index contributed by atoms with van der Waals surface area (Å²) in [5.41, 5.74) is 2.45. The summed E-state index contributed by atoms with van der Waals surface area (Å²) in [7, 11) is 2.05. The quantitative estimate of drug-likeness (QED) is 0.342. The maximum atomic E-state index is 8.00. The van der Waals surface area contributed by atoms with Gasteiger partial charge in [0.1, 0.15) is 6.79 Å². The van der Waals surface area contributed by atoms with Crippen molar-refractivity contribution in [3.8, 4) is 5.88 Å². The zero-order valence-corrected chi connectivity index (χ0v) is 24.2. The molecule has 1 aromatic heterocycles. The summed E-state index contributed by atoms with van der Waals surface area (Å²) in [5, 5.41) is 3.27. The van der Waals surface area contributed by atoms with Crippen molar-refractivity contribution in [2.24, 2.45) is 5.92 Å². The normalized spacial score (nSPS) is 14.1. The molecule has 1 N–H and O–H groups in total. The van der Waals surface area contributed by atoms with Crippen LogP contribution in [0.2, 0.25) is 0 Å². The SMILES string of the molecule is C=C.C=Cc1cc2n(c1C)CCCO2.C=O.CC.CC.CCCOCCN1CCC(CNC)CC1. The summed E-state index contributed by atoms with van der Waals surface area (Å²) in [5.74, 6) is 1.89. The molecule has 0 atom stereocenters. The molecule has 0 aliphatic carbocycles. The summed E-state index contributed by atoms with van der Waals surface area (Å²) in [4.78, 5) is 10.5. The van der Waals surface area contributed by atoms with Crippen molar-refractivity contribution in [1.29, 1.82) is 0 Å². The zero-order chi connectivity index (χ0) is 27.5. The molecule has 0 unspecified atom stereocenters. The van der Waals surface area contributed by atoms with Gasteiger partial charge in [-0.2, -0.15) is 0 Å². The van der Waals surface area contributed by atoms with Gasteiger partial charge in [-0.15, -0.1) is 13.2 Å². The lowest BCUT2D eigenvalue weighted by molar-refractivity contribution is -0.0980. The van der Waals surface area contributed by atoms with Crippen molar-refractivity contribution >= 4 is 12.9 Å². The van der Waals surface area contributed by atoms with Crippen molar-refractivity contribution in [3.63, 3.8) is 0 Å². The van der Waals surface area contributed by atoms with Crippen LogP contribution in [-0.2, 0) is 16.1 Å². The Balaban J connectivity index is -0.000000460. The molecule has 2 aliphatic rings. The summed E-state index contributed by atoms with van der Waals surface area (Å²) < 4.78 is 13.2. The Morgan fingerprint density at radius 1 is 1.11 bits per heavy atom. The molecule has 6 heteroatoms. The number of piperidine rings is 1. The molecular weight excluding hydrogens is 438 g/mol. The van der Waals surface area contributed by atoms with Gasteiger partial charge in [0, 0.05) is 31.5 Å². The molecule has 3 heterocycles. The van der Waals surface area contributed by atoms with Gasteiger partial charge in [-0.05, 0) is 70.8 Å². The highest BCUT2D eigenvalue weighted by molar-refractivity contribution is 5.53. The van der Waals surface area contributed by atoms with Gasteiger partial charge in [0.2, 0.25) is 0 Å². The van der Waals surface area contributed by atoms with Gasteiger partial charge >= 0.3 is 0 Å². The Labute approximate surface area is 217 Å². The number of fused-ring (bicyclic) bond motifs is 1. The number of rotatable bonds is 8. The Hall–Kier alpha value is -1.89. The fourth-order valence-electron chi connectivity index (χ4n) is 3.78. The Morgan fingerprint density at radius 3 is 2.20 bits per heavy atom. The summed E-state index contributed by atoms with van der Waals surface area (Å²) in [6, 6.07) is 2.06. The van der Waals surface area contributed by atoms with Gasteiger partial charge in [-0.25, -0.2) is 0 Å². The van der Waals surface area contributed by atoms with E-state index in [0.717, 1.165) is 57.5 Å². The second kappa shape index (κ2) is 28.3. The molecular formula is C29H57N3O3. The molecule has 1 aromatic rings. The second-order valence-electron chi connectivity index (χ2n) is 7.54. The Bertz CT molecular complexity index is 577. The first-order valence-corrected chi connectivity index (χ1v) is 13.4. The number of carbonyl (C=O) groups is 1. The number of hydrogen-bond donors (Lipinski definition) is 1. The van der Waals surface area contributed by atoms with Crippen LogP contribution in [0.25, 0.3) is 6.08 Å². The van der Waals surface area contributed by atoms with Crippen LogP contribution < -0.4 is 10.1 Å². The van der Waals surface area contributed by atoms with E-state index in [-0.39, 0.29) is 0 Å². The highest BCUT2D eigenvalue weighted by atomic mass is 16.5. The van der Waals surface area contributed by atoms with E-state index in [4.69, 9.17) is 14.3 Å². The maximum absolute atomic E-state index is 8.00. The summed E-state index contributed by atoms with van der Waals surface area (Å²) in [6.45, 7) is 32.6. The summed E-state index contributed by atoms with van der Waals surface area (Å²) in [6.07, 6.45) is 6.80. The number of nitrogens with one attached hydrogen (secondary N) is 1. The van der Waals surface area contributed by atoms with E-state index in [1.165, 1.54) is 43.7 Å². The van der Waals surface area contributed by atoms with E-state index >= 15 is 0 Å². The van der Waals surface area contributed by atoms with E-state index in [9.17, 15) is 0 Å². The minimum atomic E-state index is 0.847. The molecule has 0 amide bonds. The highest BCUT2D eigenvalue weighted by Crippen LogP contribution is 2.26. The summed E-state index contributed by atoms with van der Waals surface area (Å²) >= 11 is 0. The van der Waals surface area contributed by atoms with Gasteiger partial charge < -0.3 is 29.1 Å². The molecule has 2 aliphatic heterocycles. The molecule has 0 bridgehead atoms. The first kappa shape index (κ1) is 37.7. The lowest BCUT2D eigenvalue weighted by atomic mass is 9.97. The molecule has 0 saturated carbocycles. The number of nitrogens with zero attached hydrogens (tertiary/aromatic N) is 2. The van der Waals surface area contributed by atoms with E-state index in [1.807, 2.05) is 47.6 Å². The van der Waals surface area contributed by atoms with Gasteiger partial charge in [0.15, 0.2) is 5.88 Å². The smallest absolute Gasteiger partial charge is 0.194 e. The average Bonchev–Trinajstić information content (AvgIpc) is 3.28. The molecule has 3 rings (SSSR count). The van der Waals surface area contributed by atoms with Crippen LogP contribution in [0.5, 0.6) is 5.88 Å². The van der Waals surface area contributed by atoms with E-state index in [1.54, 1.807) is 0 Å². The highest BCUT2D eigenvalue weighted by Gasteiger charge is 2.17. The molecule has 0 radical (unpaired) electrons. The van der Waals surface area contributed by atoms with Crippen LogP contribution in [-0.4, -0.2) is 69.3 Å². The standard InChI is InChI=1S/C12H26N2O.C10H13NO.2C2H6.C2H4.CH2O/c1-3-9-15-10-8-14-6-4-12(5-7-14)11-13-2;1-3-9-7-10-11(8(9)2)5-4-6-12-10;4*1-2/h12-13H,3-11H2,1-2H3;3,7H,1,4-6H2,2H3;2*1-2H3;1-2H2;1H2. The van der Waals surface area contributed by atoms with Crippen molar-refractivity contribution in [3.05, 3.63) is 37.1 Å². The predicted octanol–water partition coefficient (Wildman–Crippen LogP) is 6.24. The molecule has 6 nitrogen and oxygen atoms in total. The van der Waals surface area contributed by atoms with E-state index < -0.39 is 0 Å². The number of likely N-dealkylation sites (tertiary alicyclic amines) is 1. The van der Waals surface area contributed by atoms with Crippen LogP contribution in [0, 0.1) is 12.8 Å². The van der Waals surface area contributed by atoms with Crippen LogP contribution in [0.15, 0.2) is 25.8 Å². The maximum Gasteiger partial charge on any atom is 0.194 e. The van der Waals surface area contributed by atoms with Crippen LogP contribution in [0.1, 0.15) is 71.6 Å². The first-order valence-electron chi connectivity index (χ1n) is 13.4. The van der Waals surface area contributed by atoms with E-state index in [2.05, 4.69) is 54.4 Å². The van der Waals surface area contributed by atoms with Crippen molar-refractivity contribution in [2.75, 3.05) is 53.0 Å². The third-order valence-electron chi connectivity index (χ3n) is 5.46. The molecule has 1 saturated heterocycles. The van der Waals surface area contributed by atoms with Gasteiger partial charge in [-0.3, -0.25) is 0 Å². The minimum absolute atomic E-state index is 0.847. The van der Waals surface area contributed by atoms with Crippen LogP contribution in [0.3, 0.4) is 0 Å². The van der Waals surface area contributed by atoms with Gasteiger partial charge in [-0.1, -0.05) is 47.3 Å². The number of aromatic nitrogens is 1. The molecule has 0 aromatic carbocycles. The van der Waals surface area contributed by atoms with Crippen LogP contribution in [0.4, 0.5) is 0 Å². The second-order valence-corrected chi connectivity index (χ2v) is 7.54. The predicted molar refractivity (Wildman–Crippen MR) is 155 cm³/mol. The van der Waals surface area contributed by atoms with Crippen molar-refractivity contribution in [1.82, 2.24) is 14.8 Å². The van der Waals surface area contributed by atoms with Crippen LogP contribution >= 0.6 is 0 Å². The lowest BCUT2D eigenvalue weighted by Gasteiger charge is -2.31. The molecule has 206 valence electrons. The Kier molecular flexibility index (Phi) is 30.5. The third kappa shape index (κ3) is 16.4. The third-order valence-corrected chi connectivity index (χ3v) is 5.46. The Morgan fingerprint density at radius 2 is 1.71 bits per heavy atom. The van der Waals surface area contributed by atoms with Crippen molar-refractivity contribution in [2.45, 2.75) is 73.8 Å². The lowest BCUT2D eigenvalue weighted by Crippen LogP contribution is -2.38. The molecule has 0 spiro atoms. The average molecular weight is 496 g/mol. The zero-order valence-electron chi connectivity index (χ0n) is 24.2. The fourth-order valence-corrected chi connectivity index (χ4v) is 3.78. The van der Waals surface area contributed by atoms with E-state index in [0.29, 0.717) is 0 Å².